The summed E-state index contributed by atoms with van der Waals surface area (Å²) >= 11 is 0. The molecule has 0 saturated heterocycles. The van der Waals surface area contributed by atoms with Gasteiger partial charge < -0.3 is 15.5 Å². The van der Waals surface area contributed by atoms with E-state index in [9.17, 15) is 25.0 Å². The molecule has 0 fully saturated rings. The SMILES string of the molecule is O=C(O)c1cc([N+](=O)[O-])cc([N+](=O)[O-])c1NCCO. The summed E-state index contributed by atoms with van der Waals surface area (Å²) in [4.78, 5) is 30.6. The second-order valence-corrected chi connectivity index (χ2v) is 3.36. The number of non-ortho nitro benzene ring substituents is 1. The normalized spacial score (nSPS) is 9.95. The van der Waals surface area contributed by atoms with Crippen molar-refractivity contribution in [2.45, 2.75) is 0 Å². The maximum absolute atomic E-state index is 11.0. The molecular formula is C9H9N3O7. The van der Waals surface area contributed by atoms with Gasteiger partial charge in [0.25, 0.3) is 11.4 Å². The van der Waals surface area contributed by atoms with Gasteiger partial charge in [0.15, 0.2) is 0 Å². The van der Waals surface area contributed by atoms with E-state index in [0.717, 1.165) is 6.07 Å². The van der Waals surface area contributed by atoms with Crippen molar-refractivity contribution in [3.63, 3.8) is 0 Å². The Balaban J connectivity index is 3.50. The summed E-state index contributed by atoms with van der Waals surface area (Å²) in [6.07, 6.45) is 0. The Morgan fingerprint density at radius 1 is 1.26 bits per heavy atom. The summed E-state index contributed by atoms with van der Waals surface area (Å²) in [5.41, 5.74) is -2.41. The second-order valence-electron chi connectivity index (χ2n) is 3.36. The molecule has 0 unspecified atom stereocenters. The average molecular weight is 271 g/mol. The minimum Gasteiger partial charge on any atom is -0.478 e. The highest BCUT2D eigenvalue weighted by atomic mass is 16.6. The second kappa shape index (κ2) is 5.73. The number of benzene rings is 1. The van der Waals surface area contributed by atoms with Gasteiger partial charge in [-0.2, -0.15) is 0 Å². The summed E-state index contributed by atoms with van der Waals surface area (Å²) in [6, 6.07) is 1.38. The van der Waals surface area contributed by atoms with Crippen LogP contribution in [0.5, 0.6) is 0 Å². The van der Waals surface area contributed by atoms with Gasteiger partial charge in [0.1, 0.15) is 5.69 Å². The molecule has 1 rings (SSSR count). The van der Waals surface area contributed by atoms with E-state index in [1.807, 2.05) is 0 Å². The first-order chi connectivity index (χ1) is 8.88. The summed E-state index contributed by atoms with van der Waals surface area (Å²) < 4.78 is 0. The van der Waals surface area contributed by atoms with Crippen LogP contribution in [0.25, 0.3) is 0 Å². The molecule has 0 aromatic heterocycles. The van der Waals surface area contributed by atoms with Gasteiger partial charge in [-0.05, 0) is 0 Å². The first kappa shape index (κ1) is 14.3. The number of rotatable bonds is 6. The van der Waals surface area contributed by atoms with Gasteiger partial charge in [-0.3, -0.25) is 20.2 Å². The zero-order valence-corrected chi connectivity index (χ0v) is 9.40. The van der Waals surface area contributed by atoms with E-state index in [1.165, 1.54) is 0 Å². The van der Waals surface area contributed by atoms with Crippen LogP contribution in [0.15, 0.2) is 12.1 Å². The van der Waals surface area contributed by atoms with Crippen molar-refractivity contribution in [1.29, 1.82) is 0 Å². The number of carboxylic acid groups (broad SMARTS) is 1. The topological polar surface area (TPSA) is 156 Å². The van der Waals surface area contributed by atoms with Crippen LogP contribution in [-0.4, -0.2) is 39.2 Å². The number of nitro groups is 2. The third-order valence-electron chi connectivity index (χ3n) is 2.15. The first-order valence-electron chi connectivity index (χ1n) is 4.93. The van der Waals surface area contributed by atoms with Crippen LogP contribution >= 0.6 is 0 Å². The number of hydrogen-bond acceptors (Lipinski definition) is 7. The molecule has 0 heterocycles. The highest BCUT2D eigenvalue weighted by Crippen LogP contribution is 2.33. The van der Waals surface area contributed by atoms with Gasteiger partial charge in [-0.1, -0.05) is 0 Å². The Labute approximate surface area is 105 Å². The molecule has 1 aromatic carbocycles. The van der Waals surface area contributed by atoms with Crippen molar-refractivity contribution < 1.29 is 24.9 Å². The Hall–Kier alpha value is -2.75. The van der Waals surface area contributed by atoms with Gasteiger partial charge in [0.2, 0.25) is 0 Å². The van der Waals surface area contributed by atoms with Gasteiger partial charge in [-0.15, -0.1) is 0 Å². The number of hydrogen-bond donors (Lipinski definition) is 3. The largest absolute Gasteiger partial charge is 0.478 e. The van der Waals surface area contributed by atoms with Crippen molar-refractivity contribution in [3.8, 4) is 0 Å². The molecule has 0 aliphatic carbocycles. The van der Waals surface area contributed by atoms with Crippen LogP contribution in [0.1, 0.15) is 10.4 Å². The van der Waals surface area contributed by atoms with E-state index in [-0.39, 0.29) is 18.8 Å². The van der Waals surface area contributed by atoms with Crippen LogP contribution in [0.2, 0.25) is 0 Å². The quantitative estimate of drug-likeness (QED) is 0.501. The van der Waals surface area contributed by atoms with Crippen LogP contribution < -0.4 is 5.32 Å². The van der Waals surface area contributed by atoms with Crippen LogP contribution in [0.3, 0.4) is 0 Å². The molecular weight excluding hydrogens is 262 g/mol. The summed E-state index contributed by atoms with van der Waals surface area (Å²) in [7, 11) is 0. The van der Waals surface area contributed by atoms with E-state index < -0.39 is 32.8 Å². The van der Waals surface area contributed by atoms with E-state index in [2.05, 4.69) is 5.32 Å². The number of aromatic carboxylic acids is 1. The number of carbonyl (C=O) groups is 1. The van der Waals surface area contributed by atoms with Crippen LogP contribution in [0.4, 0.5) is 17.1 Å². The third kappa shape index (κ3) is 3.13. The zero-order valence-electron chi connectivity index (χ0n) is 9.40. The predicted octanol–water partition coefficient (Wildman–Crippen LogP) is 0.605. The lowest BCUT2D eigenvalue weighted by molar-refractivity contribution is -0.393. The van der Waals surface area contributed by atoms with Crippen molar-refractivity contribution in [1.82, 2.24) is 0 Å². The Bertz CT molecular complexity index is 508. The van der Waals surface area contributed by atoms with Crippen molar-refractivity contribution >= 4 is 23.0 Å². The van der Waals surface area contributed by atoms with Gasteiger partial charge in [0, 0.05) is 12.6 Å². The number of carboxylic acids is 1. The molecule has 0 saturated carbocycles. The summed E-state index contributed by atoms with van der Waals surface area (Å²) in [6.45, 7) is -0.508. The van der Waals surface area contributed by atoms with Crippen molar-refractivity contribution in [3.05, 3.63) is 37.9 Å². The Morgan fingerprint density at radius 2 is 1.89 bits per heavy atom. The Morgan fingerprint density at radius 3 is 2.32 bits per heavy atom. The molecule has 10 heteroatoms. The number of anilines is 1. The minimum absolute atomic E-state index is 0.126. The third-order valence-corrected chi connectivity index (χ3v) is 2.15. The lowest BCUT2D eigenvalue weighted by Gasteiger charge is -2.08. The molecule has 0 aliphatic heterocycles. The summed E-state index contributed by atoms with van der Waals surface area (Å²) in [5.74, 6) is -1.55. The van der Waals surface area contributed by atoms with E-state index >= 15 is 0 Å². The van der Waals surface area contributed by atoms with E-state index in [4.69, 9.17) is 10.2 Å². The number of nitrogens with one attached hydrogen (secondary N) is 1. The number of aliphatic hydroxyl groups excluding tert-OH is 1. The van der Waals surface area contributed by atoms with Crippen LogP contribution in [0, 0.1) is 20.2 Å². The van der Waals surface area contributed by atoms with Crippen molar-refractivity contribution in [2.24, 2.45) is 0 Å². The van der Waals surface area contributed by atoms with Gasteiger partial charge in [-0.25, -0.2) is 4.79 Å². The van der Waals surface area contributed by atoms with Crippen molar-refractivity contribution in [2.75, 3.05) is 18.5 Å². The molecule has 0 aliphatic rings. The fourth-order valence-electron chi connectivity index (χ4n) is 1.40. The number of nitro benzene ring substituents is 2. The molecule has 0 atom stereocenters. The maximum atomic E-state index is 11.0. The minimum atomic E-state index is -1.55. The monoisotopic (exact) mass is 271 g/mol. The predicted molar refractivity (Wildman–Crippen MR) is 62.3 cm³/mol. The van der Waals surface area contributed by atoms with Gasteiger partial charge >= 0.3 is 5.97 Å². The smallest absolute Gasteiger partial charge is 0.338 e. The lowest BCUT2D eigenvalue weighted by Crippen LogP contribution is -2.12. The standard InChI is InChI=1S/C9H9N3O7/c13-2-1-10-8-6(9(14)15)3-5(11(16)17)4-7(8)12(18)19/h3-4,10,13H,1-2H2,(H,14,15). The van der Waals surface area contributed by atoms with E-state index in [1.54, 1.807) is 0 Å². The zero-order chi connectivity index (χ0) is 14.6. The average Bonchev–Trinajstić information content (AvgIpc) is 2.34. The lowest BCUT2D eigenvalue weighted by atomic mass is 10.1. The van der Waals surface area contributed by atoms with E-state index in [0.29, 0.717) is 6.07 Å². The maximum Gasteiger partial charge on any atom is 0.338 e. The molecule has 1 aromatic rings. The highest BCUT2D eigenvalue weighted by Gasteiger charge is 2.26. The molecule has 10 nitrogen and oxygen atoms in total. The molecule has 3 N–H and O–H groups in total. The molecule has 0 spiro atoms. The molecule has 102 valence electrons. The summed E-state index contributed by atoms with van der Waals surface area (Å²) in [5, 5.41) is 41.4. The molecule has 0 amide bonds. The number of aliphatic hydroxyl groups is 1. The van der Waals surface area contributed by atoms with Gasteiger partial charge in [0.05, 0.1) is 28.1 Å². The Kier molecular flexibility index (Phi) is 4.32. The first-order valence-corrected chi connectivity index (χ1v) is 4.93. The fourth-order valence-corrected chi connectivity index (χ4v) is 1.40. The molecule has 19 heavy (non-hydrogen) atoms. The highest BCUT2D eigenvalue weighted by molar-refractivity contribution is 5.98. The fraction of sp³-hybridized carbons (Fsp3) is 0.222. The van der Waals surface area contributed by atoms with Crippen LogP contribution in [-0.2, 0) is 0 Å². The number of nitrogens with zero attached hydrogens (tertiary/aromatic N) is 2. The molecule has 0 bridgehead atoms. The molecule has 0 radical (unpaired) electrons.